The first-order valence-electron chi connectivity index (χ1n) is 6.97. The molecule has 0 radical (unpaired) electrons. The van der Waals surface area contributed by atoms with Gasteiger partial charge >= 0.3 is 6.36 Å². The standard InChI is InChI=1S/C15H21F3N2O3/c1-19(2)14(21)11-20(8-9-22-3)10-12-4-6-13(7-5-12)23-15(16,17)18/h4-7H,8-11H2,1-3H3. The molecule has 0 aromatic heterocycles. The Kier molecular flexibility index (Phi) is 7.31. The van der Waals surface area contributed by atoms with Crippen LogP contribution in [0.1, 0.15) is 5.56 Å². The quantitative estimate of drug-likeness (QED) is 0.730. The second-order valence-electron chi connectivity index (χ2n) is 5.18. The molecule has 0 unspecified atom stereocenters. The predicted molar refractivity (Wildman–Crippen MR) is 79.0 cm³/mol. The van der Waals surface area contributed by atoms with Gasteiger partial charge in [0.15, 0.2) is 0 Å². The third kappa shape index (κ3) is 7.85. The lowest BCUT2D eigenvalue weighted by Gasteiger charge is -2.23. The van der Waals surface area contributed by atoms with Crippen LogP contribution in [0.3, 0.4) is 0 Å². The van der Waals surface area contributed by atoms with E-state index in [9.17, 15) is 18.0 Å². The van der Waals surface area contributed by atoms with Crippen LogP contribution in [-0.4, -0.2) is 63.0 Å². The molecule has 130 valence electrons. The fourth-order valence-electron chi connectivity index (χ4n) is 1.82. The lowest BCUT2D eigenvalue weighted by Crippen LogP contribution is -2.37. The Hall–Kier alpha value is -1.80. The molecule has 0 bridgehead atoms. The van der Waals surface area contributed by atoms with Gasteiger partial charge in [0.05, 0.1) is 13.2 Å². The summed E-state index contributed by atoms with van der Waals surface area (Å²) >= 11 is 0. The first-order chi connectivity index (χ1) is 10.7. The highest BCUT2D eigenvalue weighted by Crippen LogP contribution is 2.23. The van der Waals surface area contributed by atoms with E-state index in [0.29, 0.717) is 19.7 Å². The summed E-state index contributed by atoms with van der Waals surface area (Å²) in [4.78, 5) is 15.2. The molecule has 0 saturated carbocycles. The lowest BCUT2D eigenvalue weighted by atomic mass is 10.2. The molecule has 1 amide bonds. The van der Waals surface area contributed by atoms with E-state index in [1.165, 1.54) is 17.0 Å². The number of ether oxygens (including phenoxy) is 2. The van der Waals surface area contributed by atoms with Gasteiger partial charge in [0.1, 0.15) is 5.75 Å². The summed E-state index contributed by atoms with van der Waals surface area (Å²) in [7, 11) is 4.90. The summed E-state index contributed by atoms with van der Waals surface area (Å²) in [6.45, 7) is 1.62. The molecule has 0 heterocycles. The molecule has 8 heteroatoms. The molecule has 1 aromatic carbocycles. The Morgan fingerprint density at radius 2 is 1.78 bits per heavy atom. The highest BCUT2D eigenvalue weighted by atomic mass is 19.4. The molecule has 0 fully saturated rings. The van der Waals surface area contributed by atoms with Crippen molar-refractivity contribution in [3.63, 3.8) is 0 Å². The highest BCUT2D eigenvalue weighted by molar-refractivity contribution is 5.77. The fourth-order valence-corrected chi connectivity index (χ4v) is 1.82. The molecule has 0 aliphatic carbocycles. The summed E-state index contributed by atoms with van der Waals surface area (Å²) in [5.41, 5.74) is 0.780. The maximum atomic E-state index is 12.1. The van der Waals surface area contributed by atoms with Crippen LogP contribution in [0.25, 0.3) is 0 Å². The molecule has 5 nitrogen and oxygen atoms in total. The Balaban J connectivity index is 2.69. The van der Waals surface area contributed by atoms with Gasteiger partial charge in [-0.1, -0.05) is 12.1 Å². The summed E-state index contributed by atoms with van der Waals surface area (Å²) in [6, 6.07) is 5.60. The van der Waals surface area contributed by atoms with Crippen molar-refractivity contribution in [2.75, 3.05) is 40.9 Å². The Bertz CT molecular complexity index is 490. The van der Waals surface area contributed by atoms with E-state index in [1.54, 1.807) is 33.3 Å². The van der Waals surface area contributed by atoms with Crippen molar-refractivity contribution >= 4 is 5.91 Å². The van der Waals surface area contributed by atoms with Gasteiger partial charge in [-0.05, 0) is 17.7 Å². The van der Waals surface area contributed by atoms with E-state index in [4.69, 9.17) is 4.74 Å². The van der Waals surface area contributed by atoms with Gasteiger partial charge in [0.25, 0.3) is 0 Å². The maximum Gasteiger partial charge on any atom is 0.573 e. The molecule has 0 aliphatic heterocycles. The van der Waals surface area contributed by atoms with Crippen molar-refractivity contribution in [1.82, 2.24) is 9.80 Å². The predicted octanol–water partition coefficient (Wildman–Crippen LogP) is 2.12. The van der Waals surface area contributed by atoms with Crippen molar-refractivity contribution in [2.24, 2.45) is 0 Å². The number of nitrogens with zero attached hydrogens (tertiary/aromatic N) is 2. The number of likely N-dealkylation sites (N-methyl/N-ethyl adjacent to an activating group) is 1. The van der Waals surface area contributed by atoms with E-state index in [1.807, 2.05) is 4.90 Å². The Labute approximate surface area is 133 Å². The van der Waals surface area contributed by atoms with Gasteiger partial charge in [-0.25, -0.2) is 0 Å². The molecular formula is C15H21F3N2O3. The van der Waals surface area contributed by atoms with Crippen LogP contribution in [0.2, 0.25) is 0 Å². The van der Waals surface area contributed by atoms with Gasteiger partial charge in [-0.15, -0.1) is 13.2 Å². The zero-order chi connectivity index (χ0) is 17.5. The summed E-state index contributed by atoms with van der Waals surface area (Å²) in [6.07, 6.45) is -4.70. The largest absolute Gasteiger partial charge is 0.573 e. The van der Waals surface area contributed by atoms with Crippen LogP contribution in [0, 0.1) is 0 Å². The van der Waals surface area contributed by atoms with Crippen LogP contribution in [0.5, 0.6) is 5.75 Å². The van der Waals surface area contributed by atoms with Gasteiger partial charge in [0, 0.05) is 34.3 Å². The average molecular weight is 334 g/mol. The van der Waals surface area contributed by atoms with Crippen molar-refractivity contribution in [2.45, 2.75) is 12.9 Å². The number of carbonyl (C=O) groups is 1. The number of hydrogen-bond acceptors (Lipinski definition) is 4. The van der Waals surface area contributed by atoms with Crippen LogP contribution < -0.4 is 4.74 Å². The number of rotatable bonds is 8. The molecule has 23 heavy (non-hydrogen) atoms. The summed E-state index contributed by atoms with van der Waals surface area (Å²) in [5.74, 6) is -0.327. The normalized spacial score (nSPS) is 11.6. The van der Waals surface area contributed by atoms with E-state index in [0.717, 1.165) is 5.56 Å². The van der Waals surface area contributed by atoms with Crippen molar-refractivity contribution < 1.29 is 27.4 Å². The maximum absolute atomic E-state index is 12.1. The molecule has 0 N–H and O–H groups in total. The van der Waals surface area contributed by atoms with Gasteiger partial charge in [-0.3, -0.25) is 9.69 Å². The molecule has 1 aromatic rings. The Morgan fingerprint density at radius 3 is 2.26 bits per heavy atom. The van der Waals surface area contributed by atoms with Crippen LogP contribution in [0.15, 0.2) is 24.3 Å². The third-order valence-corrected chi connectivity index (χ3v) is 3.03. The SMILES string of the molecule is COCCN(CC(=O)N(C)C)Cc1ccc(OC(F)(F)F)cc1. The van der Waals surface area contributed by atoms with Gasteiger partial charge < -0.3 is 14.4 Å². The second kappa shape index (κ2) is 8.73. The first-order valence-corrected chi connectivity index (χ1v) is 6.97. The minimum Gasteiger partial charge on any atom is -0.406 e. The second-order valence-corrected chi connectivity index (χ2v) is 5.18. The number of hydrogen-bond donors (Lipinski definition) is 0. The van der Waals surface area contributed by atoms with Crippen LogP contribution in [-0.2, 0) is 16.1 Å². The lowest BCUT2D eigenvalue weighted by molar-refractivity contribution is -0.274. The first kappa shape index (κ1) is 19.2. The number of alkyl halides is 3. The van der Waals surface area contributed by atoms with E-state index < -0.39 is 6.36 Å². The van der Waals surface area contributed by atoms with E-state index in [-0.39, 0.29) is 18.2 Å². The van der Waals surface area contributed by atoms with Crippen LogP contribution >= 0.6 is 0 Å². The van der Waals surface area contributed by atoms with Crippen molar-refractivity contribution in [1.29, 1.82) is 0 Å². The zero-order valence-corrected chi connectivity index (χ0v) is 13.4. The van der Waals surface area contributed by atoms with Crippen LogP contribution in [0.4, 0.5) is 13.2 Å². The Morgan fingerprint density at radius 1 is 1.17 bits per heavy atom. The molecule has 0 spiro atoms. The topological polar surface area (TPSA) is 42.0 Å². The summed E-state index contributed by atoms with van der Waals surface area (Å²) in [5, 5.41) is 0. The number of amides is 1. The smallest absolute Gasteiger partial charge is 0.406 e. The molecule has 0 aliphatic rings. The number of methoxy groups -OCH3 is 1. The van der Waals surface area contributed by atoms with Crippen molar-refractivity contribution in [3.8, 4) is 5.75 Å². The number of benzene rings is 1. The monoisotopic (exact) mass is 334 g/mol. The minimum absolute atomic E-state index is 0.0573. The fraction of sp³-hybridized carbons (Fsp3) is 0.533. The summed E-state index contributed by atoms with van der Waals surface area (Å²) < 4.78 is 45.2. The molecule has 1 rings (SSSR count). The van der Waals surface area contributed by atoms with Gasteiger partial charge in [0.2, 0.25) is 5.91 Å². The van der Waals surface area contributed by atoms with Crippen molar-refractivity contribution in [3.05, 3.63) is 29.8 Å². The minimum atomic E-state index is -4.70. The highest BCUT2D eigenvalue weighted by Gasteiger charge is 2.30. The third-order valence-electron chi connectivity index (χ3n) is 3.03. The number of halogens is 3. The van der Waals surface area contributed by atoms with E-state index >= 15 is 0 Å². The average Bonchev–Trinajstić information content (AvgIpc) is 2.45. The molecular weight excluding hydrogens is 313 g/mol. The van der Waals surface area contributed by atoms with E-state index in [2.05, 4.69) is 4.74 Å². The number of carbonyl (C=O) groups excluding carboxylic acids is 1. The molecule has 0 saturated heterocycles. The molecule has 0 atom stereocenters. The zero-order valence-electron chi connectivity index (χ0n) is 13.4. The van der Waals surface area contributed by atoms with Gasteiger partial charge in [-0.2, -0.15) is 0 Å².